The minimum absolute atomic E-state index is 0.0729. The van der Waals surface area contributed by atoms with Crippen LogP contribution in [0.1, 0.15) is 47.5 Å². The lowest BCUT2D eigenvalue weighted by molar-refractivity contribution is 0.514. The predicted molar refractivity (Wildman–Crippen MR) is 51.7 cm³/mol. The van der Waals surface area contributed by atoms with Gasteiger partial charge in [0, 0.05) is 0 Å². The summed E-state index contributed by atoms with van der Waals surface area (Å²) in [4.78, 5) is 0. The van der Waals surface area contributed by atoms with Crippen LogP contribution in [0.2, 0.25) is 0 Å². The van der Waals surface area contributed by atoms with Gasteiger partial charge in [-0.3, -0.25) is 0 Å². The van der Waals surface area contributed by atoms with E-state index in [2.05, 4.69) is 20.8 Å². The average Bonchev–Trinajstić information content (AvgIpc) is 2.01. The van der Waals surface area contributed by atoms with E-state index in [1.54, 1.807) is 0 Å². The molecule has 0 bridgehead atoms. The Kier molecular flexibility index (Phi) is 4.25. The Hall–Kier alpha value is 0.100. The van der Waals surface area contributed by atoms with Gasteiger partial charge in [0.2, 0.25) is 0 Å². The van der Waals surface area contributed by atoms with Crippen molar-refractivity contribution in [1.29, 1.82) is 0 Å². The fourth-order valence-corrected chi connectivity index (χ4v) is 3.06. The molecule has 0 radical (unpaired) electrons. The third-order valence-corrected chi connectivity index (χ3v) is 5.16. The van der Waals surface area contributed by atoms with Crippen LogP contribution >= 0.6 is 7.80 Å². The number of hydrogen-bond acceptors (Lipinski definition) is 1. The summed E-state index contributed by atoms with van der Waals surface area (Å²) in [5.74, 6) is 0. The molecule has 1 atom stereocenters. The monoisotopic (exact) mass is 175 g/mol. The molecule has 0 aromatic rings. The fourth-order valence-electron chi connectivity index (χ4n) is 1.19. The van der Waals surface area contributed by atoms with Crippen LogP contribution in [-0.4, -0.2) is 10.8 Å². The van der Waals surface area contributed by atoms with Crippen LogP contribution in [0.3, 0.4) is 0 Å². The minimum atomic E-state index is -1.04. The minimum Gasteiger partial charge on any atom is -0.0739 e. The molecule has 2 heteroatoms. The van der Waals surface area contributed by atoms with Gasteiger partial charge in [0.05, 0.1) is 0 Å². The Bertz CT molecular complexity index is 136. The highest BCUT2D eigenvalue weighted by atomic mass is 31.1. The molecule has 0 rings (SSSR count). The quantitative estimate of drug-likeness (QED) is 0.594. The lowest BCUT2D eigenvalue weighted by Crippen LogP contribution is -2.19. The summed E-state index contributed by atoms with van der Waals surface area (Å²) in [7, 11) is -1.04. The SMILES string of the molecule is CCC(C)(CC)[P+](=O)C(C)C. The predicted octanol–water partition coefficient (Wildman–Crippen LogP) is 3.80. The van der Waals surface area contributed by atoms with Crippen molar-refractivity contribution < 1.29 is 4.57 Å². The van der Waals surface area contributed by atoms with E-state index in [0.717, 1.165) is 12.8 Å². The zero-order valence-electron chi connectivity index (χ0n) is 8.35. The summed E-state index contributed by atoms with van der Waals surface area (Å²) in [6.07, 6.45) is 2.05. The van der Waals surface area contributed by atoms with Crippen LogP contribution in [0, 0.1) is 0 Å². The van der Waals surface area contributed by atoms with E-state index in [4.69, 9.17) is 0 Å². The van der Waals surface area contributed by atoms with Crippen molar-refractivity contribution in [2.24, 2.45) is 0 Å². The Morgan fingerprint density at radius 3 is 1.73 bits per heavy atom. The summed E-state index contributed by atoms with van der Waals surface area (Å²) in [6, 6.07) is 0. The summed E-state index contributed by atoms with van der Waals surface area (Å²) in [6.45, 7) is 10.5. The highest BCUT2D eigenvalue weighted by Crippen LogP contribution is 2.47. The van der Waals surface area contributed by atoms with Crippen molar-refractivity contribution in [2.75, 3.05) is 0 Å². The molecule has 0 fully saturated rings. The maximum absolute atomic E-state index is 11.8. The van der Waals surface area contributed by atoms with Gasteiger partial charge in [0.25, 0.3) is 0 Å². The fraction of sp³-hybridized carbons (Fsp3) is 1.00. The van der Waals surface area contributed by atoms with Gasteiger partial charge in [-0.15, -0.1) is 0 Å². The molecule has 0 N–H and O–H groups in total. The second-order valence-corrected chi connectivity index (χ2v) is 6.39. The van der Waals surface area contributed by atoms with Gasteiger partial charge in [0.15, 0.2) is 10.8 Å². The molecule has 0 saturated carbocycles. The van der Waals surface area contributed by atoms with Crippen molar-refractivity contribution in [3.63, 3.8) is 0 Å². The number of rotatable bonds is 4. The molecule has 11 heavy (non-hydrogen) atoms. The van der Waals surface area contributed by atoms with Gasteiger partial charge in [-0.25, -0.2) is 0 Å². The highest BCUT2D eigenvalue weighted by Gasteiger charge is 2.42. The van der Waals surface area contributed by atoms with Crippen LogP contribution in [0.15, 0.2) is 0 Å². The van der Waals surface area contributed by atoms with E-state index in [0.29, 0.717) is 5.66 Å². The van der Waals surface area contributed by atoms with E-state index in [9.17, 15) is 4.57 Å². The molecule has 0 aromatic carbocycles. The molecule has 1 nitrogen and oxygen atoms in total. The smallest absolute Gasteiger partial charge is 0.0739 e. The molecular formula is C9H20OP+. The third-order valence-electron chi connectivity index (χ3n) is 2.52. The zero-order valence-corrected chi connectivity index (χ0v) is 9.24. The van der Waals surface area contributed by atoms with Crippen LogP contribution < -0.4 is 0 Å². The Balaban J connectivity index is 4.37. The number of hydrogen-bond donors (Lipinski definition) is 0. The molecule has 0 spiro atoms. The van der Waals surface area contributed by atoms with E-state index in [1.807, 2.05) is 13.8 Å². The first kappa shape index (κ1) is 11.1. The topological polar surface area (TPSA) is 17.1 Å². The van der Waals surface area contributed by atoms with Crippen LogP contribution in [0.25, 0.3) is 0 Å². The summed E-state index contributed by atoms with van der Waals surface area (Å²) in [5.41, 5.74) is 0.329. The summed E-state index contributed by atoms with van der Waals surface area (Å²) >= 11 is 0. The second-order valence-electron chi connectivity index (χ2n) is 3.62. The van der Waals surface area contributed by atoms with E-state index in [1.165, 1.54) is 0 Å². The summed E-state index contributed by atoms with van der Waals surface area (Å²) in [5, 5.41) is 0.0729. The van der Waals surface area contributed by atoms with Gasteiger partial charge in [0.1, 0.15) is 0 Å². The molecule has 0 aliphatic rings. The Labute approximate surface area is 71.4 Å². The van der Waals surface area contributed by atoms with Crippen LogP contribution in [0.5, 0.6) is 0 Å². The summed E-state index contributed by atoms with van der Waals surface area (Å²) < 4.78 is 11.8. The first-order chi connectivity index (χ1) is 4.98. The van der Waals surface area contributed by atoms with Gasteiger partial charge in [-0.05, 0) is 33.6 Å². The Morgan fingerprint density at radius 2 is 1.64 bits per heavy atom. The lowest BCUT2D eigenvalue weighted by Gasteiger charge is -2.15. The Morgan fingerprint density at radius 1 is 1.27 bits per heavy atom. The van der Waals surface area contributed by atoms with Gasteiger partial charge in [-0.2, -0.15) is 0 Å². The van der Waals surface area contributed by atoms with Gasteiger partial charge >= 0.3 is 7.80 Å². The largest absolute Gasteiger partial charge is 0.347 e. The van der Waals surface area contributed by atoms with E-state index in [-0.39, 0.29) is 5.16 Å². The van der Waals surface area contributed by atoms with Crippen molar-refractivity contribution in [3.8, 4) is 0 Å². The van der Waals surface area contributed by atoms with E-state index >= 15 is 0 Å². The van der Waals surface area contributed by atoms with E-state index < -0.39 is 7.80 Å². The third kappa shape index (κ3) is 2.56. The molecular weight excluding hydrogens is 155 g/mol. The normalized spacial score (nSPS) is 13.8. The maximum atomic E-state index is 11.8. The van der Waals surface area contributed by atoms with Crippen molar-refractivity contribution >= 4 is 7.80 Å². The average molecular weight is 175 g/mol. The van der Waals surface area contributed by atoms with Crippen LogP contribution in [0.4, 0.5) is 0 Å². The van der Waals surface area contributed by atoms with Crippen LogP contribution in [-0.2, 0) is 4.57 Å². The molecule has 0 saturated heterocycles. The van der Waals surface area contributed by atoms with Gasteiger partial charge < -0.3 is 0 Å². The first-order valence-electron chi connectivity index (χ1n) is 4.44. The van der Waals surface area contributed by atoms with Crippen molar-refractivity contribution in [3.05, 3.63) is 0 Å². The molecule has 1 unspecified atom stereocenters. The first-order valence-corrected chi connectivity index (χ1v) is 5.77. The van der Waals surface area contributed by atoms with Crippen molar-refractivity contribution in [1.82, 2.24) is 0 Å². The molecule has 0 aromatic heterocycles. The highest BCUT2D eigenvalue weighted by molar-refractivity contribution is 7.47. The molecule has 0 aliphatic heterocycles. The molecule has 66 valence electrons. The zero-order chi connectivity index (χ0) is 9.07. The van der Waals surface area contributed by atoms with Gasteiger partial charge in [-0.1, -0.05) is 18.4 Å². The lowest BCUT2D eigenvalue weighted by atomic mass is 10.1. The molecule has 0 heterocycles. The molecule has 0 aliphatic carbocycles. The van der Waals surface area contributed by atoms with Crippen molar-refractivity contribution in [2.45, 2.75) is 58.3 Å². The molecule has 0 amide bonds. The standard InChI is InChI=1S/C9H20OP/c1-6-9(5,7-2)11(10)8(3)4/h8H,6-7H2,1-5H3/q+1. The maximum Gasteiger partial charge on any atom is 0.347 e. The second kappa shape index (κ2) is 4.21.